The highest BCUT2D eigenvalue weighted by atomic mass is 32.1. The predicted molar refractivity (Wildman–Crippen MR) is 119 cm³/mol. The van der Waals surface area contributed by atoms with E-state index >= 15 is 0 Å². The van der Waals surface area contributed by atoms with Crippen molar-refractivity contribution in [1.29, 1.82) is 0 Å². The van der Waals surface area contributed by atoms with E-state index in [1.165, 1.54) is 17.4 Å². The quantitative estimate of drug-likeness (QED) is 0.608. The Morgan fingerprint density at radius 2 is 2.10 bits per heavy atom. The van der Waals surface area contributed by atoms with Crippen molar-refractivity contribution in [2.24, 2.45) is 0 Å². The second kappa shape index (κ2) is 9.00. The van der Waals surface area contributed by atoms with Gasteiger partial charge >= 0.3 is 0 Å². The summed E-state index contributed by atoms with van der Waals surface area (Å²) >= 11 is 1.51. The fourth-order valence-electron chi connectivity index (χ4n) is 3.32. The summed E-state index contributed by atoms with van der Waals surface area (Å²) in [4.78, 5) is 34.7. The lowest BCUT2D eigenvalue weighted by Gasteiger charge is -2.15. The number of nitrogens with zero attached hydrogens (tertiary/aromatic N) is 3. The monoisotopic (exact) mass is 418 g/mol. The third-order valence-corrected chi connectivity index (χ3v) is 5.94. The van der Waals surface area contributed by atoms with Crippen molar-refractivity contribution in [3.05, 3.63) is 70.8 Å². The van der Waals surface area contributed by atoms with Crippen molar-refractivity contribution in [2.45, 2.75) is 25.8 Å². The standard InChI is InChI=1S/C23H22N4O2S/c1-16(23-26-20(15-30-23)18-4-2-12-24-14-18)25-21(28)11-8-17-6-9-19(10-7-17)27-13-3-5-22(27)29/h2,4,6-12,14-16H,3,5,13H2,1H3,(H,25,28). The van der Waals surface area contributed by atoms with Crippen molar-refractivity contribution >= 4 is 34.9 Å². The summed E-state index contributed by atoms with van der Waals surface area (Å²) in [6, 6.07) is 11.3. The van der Waals surface area contributed by atoms with Gasteiger partial charge in [-0.05, 0) is 49.2 Å². The number of carbonyl (C=O) groups is 2. The molecule has 1 aromatic carbocycles. The summed E-state index contributed by atoms with van der Waals surface area (Å²) in [5.74, 6) is -0.0139. The highest BCUT2D eigenvalue weighted by Gasteiger charge is 2.21. The van der Waals surface area contributed by atoms with Crippen LogP contribution in [0.25, 0.3) is 17.3 Å². The zero-order chi connectivity index (χ0) is 20.9. The minimum absolute atomic E-state index is 0.167. The van der Waals surface area contributed by atoms with Gasteiger partial charge in [0.25, 0.3) is 0 Å². The number of thiazole rings is 1. The molecule has 1 aliphatic rings. The van der Waals surface area contributed by atoms with E-state index in [2.05, 4.69) is 15.3 Å². The van der Waals surface area contributed by atoms with Crippen LogP contribution in [-0.4, -0.2) is 28.3 Å². The Labute approximate surface area is 179 Å². The van der Waals surface area contributed by atoms with Crippen LogP contribution in [0.15, 0.2) is 60.2 Å². The summed E-state index contributed by atoms with van der Waals surface area (Å²) in [5, 5.41) is 5.76. The average molecular weight is 419 g/mol. The number of nitrogens with one attached hydrogen (secondary N) is 1. The summed E-state index contributed by atoms with van der Waals surface area (Å²) in [6.45, 7) is 2.69. The van der Waals surface area contributed by atoms with Crippen molar-refractivity contribution in [3.8, 4) is 11.3 Å². The minimum atomic E-state index is -0.193. The van der Waals surface area contributed by atoms with Gasteiger partial charge in [0, 0.05) is 48.1 Å². The van der Waals surface area contributed by atoms with Crippen LogP contribution in [0.3, 0.4) is 0 Å². The number of hydrogen-bond acceptors (Lipinski definition) is 5. The van der Waals surface area contributed by atoms with E-state index < -0.39 is 0 Å². The van der Waals surface area contributed by atoms with E-state index in [1.54, 1.807) is 23.4 Å². The molecule has 0 spiro atoms. The second-order valence-electron chi connectivity index (χ2n) is 7.12. The molecule has 1 aliphatic heterocycles. The van der Waals surface area contributed by atoms with Crippen LogP contribution in [0.1, 0.15) is 36.4 Å². The first-order valence-electron chi connectivity index (χ1n) is 9.85. The summed E-state index contributed by atoms with van der Waals surface area (Å²) < 4.78 is 0. The van der Waals surface area contributed by atoms with Crippen LogP contribution in [0.2, 0.25) is 0 Å². The molecule has 0 bridgehead atoms. The molecule has 152 valence electrons. The number of aromatic nitrogens is 2. The molecule has 1 saturated heterocycles. The number of benzene rings is 1. The highest BCUT2D eigenvalue weighted by Crippen LogP contribution is 2.25. The van der Waals surface area contributed by atoms with Gasteiger partial charge in [0.1, 0.15) is 5.01 Å². The van der Waals surface area contributed by atoms with Crippen molar-refractivity contribution in [2.75, 3.05) is 11.4 Å². The van der Waals surface area contributed by atoms with Crippen LogP contribution in [0, 0.1) is 0 Å². The molecule has 1 fully saturated rings. The fourth-order valence-corrected chi connectivity index (χ4v) is 4.15. The lowest BCUT2D eigenvalue weighted by atomic mass is 10.2. The van der Waals surface area contributed by atoms with Crippen molar-refractivity contribution < 1.29 is 9.59 Å². The van der Waals surface area contributed by atoms with Crippen LogP contribution in [0.5, 0.6) is 0 Å². The Bertz CT molecular complexity index is 1060. The number of hydrogen-bond donors (Lipinski definition) is 1. The van der Waals surface area contributed by atoms with Crippen LogP contribution in [0.4, 0.5) is 5.69 Å². The van der Waals surface area contributed by atoms with E-state index in [0.29, 0.717) is 6.42 Å². The molecular weight excluding hydrogens is 396 g/mol. The zero-order valence-corrected chi connectivity index (χ0v) is 17.4. The highest BCUT2D eigenvalue weighted by molar-refractivity contribution is 7.10. The first kappa shape index (κ1) is 20.0. The van der Waals surface area contributed by atoms with Crippen molar-refractivity contribution in [1.82, 2.24) is 15.3 Å². The maximum Gasteiger partial charge on any atom is 0.244 e. The molecule has 2 amide bonds. The van der Waals surface area contributed by atoms with Crippen molar-refractivity contribution in [3.63, 3.8) is 0 Å². The Hall–Kier alpha value is -3.32. The zero-order valence-electron chi connectivity index (χ0n) is 16.6. The fraction of sp³-hybridized carbons (Fsp3) is 0.217. The van der Waals surface area contributed by atoms with Crippen LogP contribution >= 0.6 is 11.3 Å². The minimum Gasteiger partial charge on any atom is -0.344 e. The van der Waals surface area contributed by atoms with Gasteiger partial charge in [-0.15, -0.1) is 11.3 Å². The third-order valence-electron chi connectivity index (χ3n) is 4.91. The van der Waals surface area contributed by atoms with E-state index in [1.807, 2.05) is 48.7 Å². The first-order chi connectivity index (χ1) is 14.6. The molecule has 1 atom stereocenters. The topological polar surface area (TPSA) is 75.2 Å². The molecule has 1 N–H and O–H groups in total. The average Bonchev–Trinajstić information content (AvgIpc) is 3.43. The van der Waals surface area contributed by atoms with Gasteiger partial charge in [0.2, 0.25) is 11.8 Å². The van der Waals surface area contributed by atoms with E-state index in [0.717, 1.165) is 40.5 Å². The molecule has 1 unspecified atom stereocenters. The van der Waals surface area contributed by atoms with Gasteiger partial charge in [0.15, 0.2) is 0 Å². The van der Waals surface area contributed by atoms with E-state index in [4.69, 9.17) is 0 Å². The maximum absolute atomic E-state index is 12.3. The number of carbonyl (C=O) groups excluding carboxylic acids is 2. The molecule has 4 rings (SSSR count). The summed E-state index contributed by atoms with van der Waals surface area (Å²) in [5.41, 5.74) is 3.62. The summed E-state index contributed by atoms with van der Waals surface area (Å²) in [6.07, 6.45) is 8.30. The lowest BCUT2D eigenvalue weighted by molar-refractivity contribution is -0.117. The molecule has 0 saturated carbocycles. The molecule has 6 nitrogen and oxygen atoms in total. The molecule has 2 aromatic heterocycles. The molecule has 3 heterocycles. The second-order valence-corrected chi connectivity index (χ2v) is 8.01. The lowest BCUT2D eigenvalue weighted by Crippen LogP contribution is -2.24. The Morgan fingerprint density at radius 3 is 2.80 bits per heavy atom. The number of anilines is 1. The summed E-state index contributed by atoms with van der Waals surface area (Å²) in [7, 11) is 0. The Morgan fingerprint density at radius 1 is 1.27 bits per heavy atom. The molecule has 0 radical (unpaired) electrons. The predicted octanol–water partition coefficient (Wildman–Crippen LogP) is 4.22. The molecule has 7 heteroatoms. The Kier molecular flexibility index (Phi) is 5.99. The molecule has 30 heavy (non-hydrogen) atoms. The molecular formula is C23H22N4O2S. The van der Waals surface area contributed by atoms with Crippen LogP contribution in [-0.2, 0) is 9.59 Å². The Balaban J connectivity index is 1.34. The van der Waals surface area contributed by atoms with Crippen LogP contribution < -0.4 is 10.2 Å². The number of rotatable bonds is 6. The van der Waals surface area contributed by atoms with Gasteiger partial charge in [-0.1, -0.05) is 12.1 Å². The smallest absolute Gasteiger partial charge is 0.244 e. The third kappa shape index (κ3) is 4.63. The number of amides is 2. The van der Waals surface area contributed by atoms with Gasteiger partial charge < -0.3 is 10.2 Å². The van der Waals surface area contributed by atoms with Gasteiger partial charge in [-0.3, -0.25) is 14.6 Å². The normalized spacial score (nSPS) is 15.0. The van der Waals surface area contributed by atoms with Gasteiger partial charge in [0.05, 0.1) is 11.7 Å². The number of pyridine rings is 1. The SMILES string of the molecule is CC(NC(=O)C=Cc1ccc(N2CCCC2=O)cc1)c1nc(-c2cccnc2)cs1. The first-order valence-corrected chi connectivity index (χ1v) is 10.7. The van der Waals surface area contributed by atoms with E-state index in [9.17, 15) is 9.59 Å². The molecule has 0 aliphatic carbocycles. The van der Waals surface area contributed by atoms with E-state index in [-0.39, 0.29) is 17.9 Å². The van der Waals surface area contributed by atoms with Gasteiger partial charge in [-0.2, -0.15) is 0 Å². The maximum atomic E-state index is 12.3. The van der Waals surface area contributed by atoms with Gasteiger partial charge in [-0.25, -0.2) is 4.98 Å². The largest absolute Gasteiger partial charge is 0.344 e. The molecule has 3 aromatic rings.